The number of nitrogens with one attached hydrogen (secondary N) is 8. The Morgan fingerprint density at radius 1 is 0.508 bits per heavy atom. The van der Waals surface area contributed by atoms with Crippen LogP contribution in [-0.2, 0) is 47.9 Å². The maximum atomic E-state index is 13.4. The van der Waals surface area contributed by atoms with Crippen LogP contribution in [0.2, 0.25) is 0 Å². The second-order valence-corrected chi connectivity index (χ2v) is 14.7. The molecule has 0 fully saturated rings. The lowest BCUT2D eigenvalue weighted by atomic mass is 9.94. The summed E-state index contributed by atoms with van der Waals surface area (Å²) in [5.74, 6) is -11.4. The highest BCUT2D eigenvalue weighted by Gasteiger charge is 2.35. The van der Waals surface area contributed by atoms with Gasteiger partial charge in [0.25, 0.3) is 0 Å². The Morgan fingerprint density at radius 2 is 0.949 bits per heavy atom. The number of aliphatic hydroxyl groups excluding tert-OH is 2. The van der Waals surface area contributed by atoms with Gasteiger partial charge in [0.05, 0.1) is 37.8 Å². The van der Waals surface area contributed by atoms with E-state index in [1.165, 1.54) is 0 Å². The summed E-state index contributed by atoms with van der Waals surface area (Å²) in [6.07, 6.45) is -3.21. The van der Waals surface area contributed by atoms with Crippen molar-refractivity contribution in [2.24, 2.45) is 23.5 Å². The van der Waals surface area contributed by atoms with Gasteiger partial charge in [-0.2, -0.15) is 0 Å². The third-order valence-corrected chi connectivity index (χ3v) is 9.37. The summed E-state index contributed by atoms with van der Waals surface area (Å²) in [5, 5.41) is 56.5. The van der Waals surface area contributed by atoms with Crippen LogP contribution in [0.3, 0.4) is 0 Å². The molecule has 23 nitrogen and oxygen atoms in total. The zero-order valence-corrected chi connectivity index (χ0v) is 34.9. The van der Waals surface area contributed by atoms with E-state index < -0.39 is 139 Å². The fraction of sp³-hybridized carbons (Fsp3) is 0.722. The van der Waals surface area contributed by atoms with Crippen LogP contribution in [0, 0.1) is 17.8 Å². The number of carboxylic acid groups (broad SMARTS) is 2. The van der Waals surface area contributed by atoms with Gasteiger partial charge in [-0.15, -0.1) is 0 Å². The van der Waals surface area contributed by atoms with Crippen molar-refractivity contribution in [1.82, 2.24) is 42.5 Å². The molecule has 0 saturated carbocycles. The molecule has 11 atom stereocenters. The van der Waals surface area contributed by atoms with E-state index >= 15 is 0 Å². The van der Waals surface area contributed by atoms with E-state index in [0.717, 1.165) is 20.8 Å². The third kappa shape index (κ3) is 18.8. The average Bonchev–Trinajstić information content (AvgIpc) is 3.15. The fourth-order valence-corrected chi connectivity index (χ4v) is 5.04. The zero-order chi connectivity index (χ0) is 45.9. The number of nitrogens with two attached hydrogens (primary N) is 1. The van der Waals surface area contributed by atoms with Crippen LogP contribution in [-0.4, -0.2) is 147 Å². The van der Waals surface area contributed by atoms with Crippen molar-refractivity contribution in [2.75, 3.05) is 13.1 Å². The van der Waals surface area contributed by atoms with E-state index in [0.29, 0.717) is 12.8 Å². The van der Waals surface area contributed by atoms with Gasteiger partial charge in [-0.05, 0) is 38.5 Å². The molecular weight excluding hydrogens is 782 g/mol. The topological polar surface area (TPSA) is 374 Å². The molecule has 0 aliphatic carbocycles. The highest BCUT2D eigenvalue weighted by atomic mass is 16.4. The van der Waals surface area contributed by atoms with Crippen LogP contribution < -0.4 is 48.3 Å². The molecule has 0 saturated heterocycles. The van der Waals surface area contributed by atoms with Crippen LogP contribution in [0.25, 0.3) is 0 Å². The molecule has 0 bridgehead atoms. The minimum absolute atomic E-state index is 0.202. The standard InChI is InChI=1S/C36H63N9O14/c1-10-16(5)26(43-34(56)27(17(6)11-2)42-32(54)25(37)15(3)4)33(55)39-13-22(48)38-14-23(49)41-21(12-24(50)51)31(53)44-28(19(8)46)35(57)40-18(7)30(52)45-29(20(9)47)36(58)59/h15-21,25-29,46-47H,10-14,37H2,1-9H3,(H,38,48)(H,39,55)(H,40,57)(H,41,49)(H,42,54)(H,43,56)(H,44,53)(H,45,52)(H,50,51)(H,58,59)/t16-,17-,18-,19+,20+,21-,25-,26-,27-,28-,29-/m0/s1. The average molecular weight is 846 g/mol. The number of carbonyl (C=O) groups is 10. The van der Waals surface area contributed by atoms with Crippen LogP contribution >= 0.6 is 0 Å². The lowest BCUT2D eigenvalue weighted by Gasteiger charge is -2.29. The van der Waals surface area contributed by atoms with Gasteiger partial charge in [0, 0.05) is 0 Å². The van der Waals surface area contributed by atoms with Gasteiger partial charge in [0.2, 0.25) is 47.3 Å². The summed E-state index contributed by atoms with van der Waals surface area (Å²) in [4.78, 5) is 126. The van der Waals surface area contributed by atoms with Crippen LogP contribution in [0.15, 0.2) is 0 Å². The van der Waals surface area contributed by atoms with Gasteiger partial charge in [-0.1, -0.05) is 54.4 Å². The number of rotatable bonds is 26. The molecule has 14 N–H and O–H groups in total. The predicted molar refractivity (Wildman–Crippen MR) is 208 cm³/mol. The Hall–Kier alpha value is -5.42. The van der Waals surface area contributed by atoms with Crippen molar-refractivity contribution in [1.29, 1.82) is 0 Å². The number of hydrogen-bond donors (Lipinski definition) is 13. The fourth-order valence-electron chi connectivity index (χ4n) is 5.04. The summed E-state index contributed by atoms with van der Waals surface area (Å²) in [6, 6.07) is -9.84. The Bertz CT molecular complexity index is 1510. The Morgan fingerprint density at radius 3 is 1.41 bits per heavy atom. The molecule has 0 radical (unpaired) electrons. The van der Waals surface area contributed by atoms with E-state index in [2.05, 4.69) is 37.2 Å². The smallest absolute Gasteiger partial charge is 0.328 e. The first-order valence-corrected chi connectivity index (χ1v) is 19.2. The Labute approximate surface area is 342 Å². The first kappa shape index (κ1) is 53.6. The van der Waals surface area contributed by atoms with Gasteiger partial charge < -0.3 is 68.7 Å². The largest absolute Gasteiger partial charge is 0.481 e. The molecule has 0 aromatic heterocycles. The number of aliphatic carboxylic acids is 2. The summed E-state index contributed by atoms with van der Waals surface area (Å²) in [5.41, 5.74) is 5.96. The molecule has 23 heteroatoms. The van der Waals surface area contributed by atoms with Gasteiger partial charge in [-0.25, -0.2) is 4.79 Å². The van der Waals surface area contributed by atoms with Gasteiger partial charge in [0.15, 0.2) is 6.04 Å². The maximum absolute atomic E-state index is 13.4. The summed E-state index contributed by atoms with van der Waals surface area (Å²) in [6.45, 7) is 12.4. The number of carbonyl (C=O) groups excluding carboxylic acids is 8. The number of amides is 8. The lowest BCUT2D eigenvalue weighted by Crippen LogP contribution is -2.60. The minimum Gasteiger partial charge on any atom is -0.481 e. The predicted octanol–water partition coefficient (Wildman–Crippen LogP) is -4.46. The third-order valence-electron chi connectivity index (χ3n) is 9.37. The first-order chi connectivity index (χ1) is 27.3. The summed E-state index contributed by atoms with van der Waals surface area (Å²) >= 11 is 0. The molecule has 59 heavy (non-hydrogen) atoms. The molecule has 0 aliphatic heterocycles. The highest BCUT2D eigenvalue weighted by Crippen LogP contribution is 2.13. The van der Waals surface area contributed by atoms with Crippen molar-refractivity contribution in [3.05, 3.63) is 0 Å². The molecule has 8 amide bonds. The lowest BCUT2D eigenvalue weighted by molar-refractivity contribution is -0.145. The minimum atomic E-state index is -1.85. The normalized spacial score (nSPS) is 16.7. The molecule has 0 heterocycles. The van der Waals surface area contributed by atoms with E-state index in [1.54, 1.807) is 34.6 Å². The van der Waals surface area contributed by atoms with Crippen molar-refractivity contribution in [3.8, 4) is 0 Å². The van der Waals surface area contributed by atoms with E-state index in [1.807, 2.05) is 12.2 Å². The molecule has 0 unspecified atom stereocenters. The molecule has 0 aromatic rings. The van der Waals surface area contributed by atoms with E-state index in [4.69, 9.17) is 10.8 Å². The van der Waals surface area contributed by atoms with Crippen molar-refractivity contribution < 1.29 is 68.4 Å². The first-order valence-electron chi connectivity index (χ1n) is 19.2. The summed E-state index contributed by atoms with van der Waals surface area (Å²) < 4.78 is 0. The molecule has 336 valence electrons. The van der Waals surface area contributed by atoms with Crippen molar-refractivity contribution in [3.63, 3.8) is 0 Å². The highest BCUT2D eigenvalue weighted by molar-refractivity contribution is 5.97. The van der Waals surface area contributed by atoms with Crippen LogP contribution in [0.5, 0.6) is 0 Å². The second-order valence-electron chi connectivity index (χ2n) is 14.7. The monoisotopic (exact) mass is 845 g/mol. The molecule has 0 spiro atoms. The van der Waals surface area contributed by atoms with E-state index in [9.17, 15) is 63.3 Å². The maximum Gasteiger partial charge on any atom is 0.328 e. The van der Waals surface area contributed by atoms with Crippen molar-refractivity contribution in [2.45, 2.75) is 136 Å². The second kappa shape index (κ2) is 25.8. The molecular formula is C36H63N9O14. The molecule has 0 aliphatic rings. The van der Waals surface area contributed by atoms with Gasteiger partial charge in [0.1, 0.15) is 30.2 Å². The van der Waals surface area contributed by atoms with E-state index in [-0.39, 0.29) is 11.8 Å². The van der Waals surface area contributed by atoms with Crippen LogP contribution in [0.1, 0.15) is 81.6 Å². The summed E-state index contributed by atoms with van der Waals surface area (Å²) in [7, 11) is 0. The Kier molecular flexibility index (Phi) is 23.5. The number of carboxylic acids is 2. The SMILES string of the molecule is CC[C@H](C)[C@H](NC(=O)[C@@H](N)C(C)C)C(=O)N[C@H](C(=O)NCC(=O)NCC(=O)N[C@@H](CC(=O)O)C(=O)N[C@H](C(=O)N[C@@H](C)C(=O)N[C@H](C(=O)O)[C@@H](C)O)[C@@H](C)O)[C@@H](C)CC. The number of aliphatic hydroxyl groups is 2. The Balaban J connectivity index is 5.57. The molecule has 0 aromatic carbocycles. The molecule has 0 rings (SSSR count). The number of hydrogen-bond acceptors (Lipinski definition) is 13. The van der Waals surface area contributed by atoms with Gasteiger partial charge >= 0.3 is 11.9 Å². The van der Waals surface area contributed by atoms with Gasteiger partial charge in [-0.3, -0.25) is 43.2 Å². The zero-order valence-electron chi connectivity index (χ0n) is 34.9. The van der Waals surface area contributed by atoms with Crippen molar-refractivity contribution >= 4 is 59.2 Å². The quantitative estimate of drug-likeness (QED) is 0.0391. The van der Waals surface area contributed by atoms with Crippen LogP contribution in [0.4, 0.5) is 0 Å².